The summed E-state index contributed by atoms with van der Waals surface area (Å²) in [5.74, 6) is 1.00. The van der Waals surface area contributed by atoms with E-state index in [2.05, 4.69) is 21.9 Å². The molecule has 1 fully saturated rings. The molecule has 0 aromatic heterocycles. The maximum absolute atomic E-state index is 13.2. The Labute approximate surface area is 208 Å². The molecule has 0 saturated carbocycles. The third-order valence-corrected chi connectivity index (χ3v) is 5.71. The van der Waals surface area contributed by atoms with Gasteiger partial charge in [0.05, 0.1) is 7.11 Å². The van der Waals surface area contributed by atoms with Crippen molar-refractivity contribution >= 4 is 47.8 Å². The molecule has 0 spiro atoms. The predicted octanol–water partition coefficient (Wildman–Crippen LogP) is 5.42. The zero-order valence-electron chi connectivity index (χ0n) is 18.8. The van der Waals surface area contributed by atoms with E-state index in [9.17, 15) is 4.79 Å². The normalized spacial score (nSPS) is 13.4. The van der Waals surface area contributed by atoms with Crippen LogP contribution in [0.2, 0.25) is 0 Å². The fourth-order valence-corrected chi connectivity index (χ4v) is 3.99. The van der Waals surface area contributed by atoms with Crippen LogP contribution in [0.25, 0.3) is 0 Å². The number of amides is 1. The summed E-state index contributed by atoms with van der Waals surface area (Å²) in [5.41, 5.74) is 3.00. The lowest BCUT2D eigenvalue weighted by atomic mass is 10.2. The Morgan fingerprint density at radius 1 is 0.818 bits per heavy atom. The predicted molar refractivity (Wildman–Crippen MR) is 141 cm³/mol. The maximum Gasteiger partial charge on any atom is 0.232 e. The van der Waals surface area contributed by atoms with E-state index in [1.807, 2.05) is 77.7 Å². The van der Waals surface area contributed by atoms with Crippen molar-refractivity contribution < 1.29 is 9.53 Å². The van der Waals surface area contributed by atoms with Gasteiger partial charge in [0.15, 0.2) is 0 Å². The Balaban J connectivity index is 0.00000193. The average Bonchev–Trinajstić information content (AvgIpc) is 2.84. The molecule has 3 aromatic carbocycles. The van der Waals surface area contributed by atoms with E-state index in [0.717, 1.165) is 49.8 Å². The molecule has 1 aliphatic heterocycles. The number of piperazine rings is 1. The molecule has 1 amide bonds. The second kappa shape index (κ2) is 13.1. The molecule has 7 heteroatoms. The van der Waals surface area contributed by atoms with Gasteiger partial charge in [-0.05, 0) is 36.4 Å². The Morgan fingerprint density at radius 3 is 1.94 bits per heavy atom. The lowest BCUT2D eigenvalue weighted by Crippen LogP contribution is -2.47. The van der Waals surface area contributed by atoms with Crippen LogP contribution in [0.3, 0.4) is 0 Å². The summed E-state index contributed by atoms with van der Waals surface area (Å²) in [5, 5.41) is 0. The van der Waals surface area contributed by atoms with Crippen molar-refractivity contribution in [3.8, 4) is 5.75 Å². The van der Waals surface area contributed by atoms with Gasteiger partial charge in [0.25, 0.3) is 0 Å². The van der Waals surface area contributed by atoms with Crippen LogP contribution in [0.5, 0.6) is 5.75 Å². The summed E-state index contributed by atoms with van der Waals surface area (Å²) < 4.78 is 5.35. The minimum atomic E-state index is 0. The maximum atomic E-state index is 13.2. The Morgan fingerprint density at radius 2 is 1.39 bits per heavy atom. The number of anilines is 3. The summed E-state index contributed by atoms with van der Waals surface area (Å²) >= 11 is 0. The second-order valence-corrected chi connectivity index (χ2v) is 7.68. The zero-order chi connectivity index (χ0) is 21.5. The van der Waals surface area contributed by atoms with Gasteiger partial charge >= 0.3 is 0 Å². The van der Waals surface area contributed by atoms with Crippen molar-refractivity contribution in [3.05, 3.63) is 84.9 Å². The van der Waals surface area contributed by atoms with Gasteiger partial charge in [0, 0.05) is 62.3 Å². The number of ether oxygens (including phenoxy) is 1. The summed E-state index contributed by atoms with van der Waals surface area (Å²) in [4.78, 5) is 19.8. The lowest BCUT2D eigenvalue weighted by molar-refractivity contribution is -0.118. The summed E-state index contributed by atoms with van der Waals surface area (Å²) in [7, 11) is 1.70. The highest BCUT2D eigenvalue weighted by atomic mass is 35.5. The van der Waals surface area contributed by atoms with Crippen LogP contribution in [-0.4, -0.2) is 50.6 Å². The highest BCUT2D eigenvalue weighted by Gasteiger charge is 2.21. The molecular weight excluding hydrogens is 457 g/mol. The van der Waals surface area contributed by atoms with E-state index in [1.165, 1.54) is 5.69 Å². The molecule has 5 nitrogen and oxygen atoms in total. The van der Waals surface area contributed by atoms with Crippen LogP contribution in [0.1, 0.15) is 6.42 Å². The van der Waals surface area contributed by atoms with Gasteiger partial charge in [-0.3, -0.25) is 14.6 Å². The molecule has 0 N–H and O–H groups in total. The quantitative estimate of drug-likeness (QED) is 0.445. The highest BCUT2D eigenvalue weighted by molar-refractivity contribution is 6.00. The number of methoxy groups -OCH3 is 1. The van der Waals surface area contributed by atoms with E-state index >= 15 is 0 Å². The van der Waals surface area contributed by atoms with E-state index in [-0.39, 0.29) is 30.7 Å². The Hall–Kier alpha value is -2.73. The van der Waals surface area contributed by atoms with Gasteiger partial charge in [-0.15, -0.1) is 24.8 Å². The van der Waals surface area contributed by atoms with Crippen LogP contribution >= 0.6 is 24.8 Å². The van der Waals surface area contributed by atoms with Crippen LogP contribution < -0.4 is 14.5 Å². The molecule has 1 aliphatic rings. The van der Waals surface area contributed by atoms with Gasteiger partial charge < -0.3 is 9.64 Å². The smallest absolute Gasteiger partial charge is 0.232 e. The molecule has 1 saturated heterocycles. The standard InChI is InChI=1S/C26H29N3O2.2ClH/c1-31-25-14-8-13-24(21-25)28-19-17-27(18-20-28)16-15-26(30)29(22-9-4-2-5-10-22)23-11-6-3-7-12-23;;/h2-14,21H,15-20H2,1H3;2*1H. The highest BCUT2D eigenvalue weighted by Crippen LogP contribution is 2.26. The zero-order valence-corrected chi connectivity index (χ0v) is 20.4. The van der Waals surface area contributed by atoms with Gasteiger partial charge in [0.2, 0.25) is 5.91 Å². The fourth-order valence-electron chi connectivity index (χ4n) is 3.99. The van der Waals surface area contributed by atoms with Crippen LogP contribution in [0, 0.1) is 0 Å². The molecule has 0 bridgehead atoms. The lowest BCUT2D eigenvalue weighted by Gasteiger charge is -2.36. The van der Waals surface area contributed by atoms with Crippen molar-refractivity contribution in [2.75, 3.05) is 49.6 Å². The number of carbonyl (C=O) groups excluding carboxylic acids is 1. The summed E-state index contributed by atoms with van der Waals surface area (Å²) in [6, 6.07) is 28.0. The fraction of sp³-hybridized carbons (Fsp3) is 0.269. The minimum Gasteiger partial charge on any atom is -0.497 e. The van der Waals surface area contributed by atoms with Crippen LogP contribution in [0.4, 0.5) is 17.1 Å². The molecule has 0 aliphatic carbocycles. The topological polar surface area (TPSA) is 36.0 Å². The van der Waals surface area contributed by atoms with Gasteiger partial charge in [-0.1, -0.05) is 42.5 Å². The third kappa shape index (κ3) is 6.87. The third-order valence-electron chi connectivity index (χ3n) is 5.71. The van der Waals surface area contributed by atoms with E-state index in [0.29, 0.717) is 6.42 Å². The number of para-hydroxylation sites is 2. The van der Waals surface area contributed by atoms with Crippen molar-refractivity contribution in [1.29, 1.82) is 0 Å². The molecule has 4 rings (SSSR count). The van der Waals surface area contributed by atoms with Gasteiger partial charge in [0.1, 0.15) is 5.75 Å². The number of hydrogen-bond acceptors (Lipinski definition) is 4. The first-order valence-electron chi connectivity index (χ1n) is 10.8. The van der Waals surface area contributed by atoms with Crippen molar-refractivity contribution in [2.24, 2.45) is 0 Å². The molecule has 33 heavy (non-hydrogen) atoms. The monoisotopic (exact) mass is 487 g/mol. The van der Waals surface area contributed by atoms with Crippen molar-refractivity contribution in [1.82, 2.24) is 4.90 Å². The number of nitrogens with zero attached hydrogens (tertiary/aromatic N) is 3. The number of hydrogen-bond donors (Lipinski definition) is 0. The van der Waals surface area contributed by atoms with E-state index < -0.39 is 0 Å². The van der Waals surface area contributed by atoms with Gasteiger partial charge in [-0.25, -0.2) is 0 Å². The second-order valence-electron chi connectivity index (χ2n) is 7.68. The first-order chi connectivity index (χ1) is 15.2. The molecule has 0 unspecified atom stereocenters. The summed E-state index contributed by atoms with van der Waals surface area (Å²) in [6.45, 7) is 4.55. The molecule has 0 radical (unpaired) electrons. The Kier molecular flexibility index (Phi) is 10.5. The molecule has 176 valence electrons. The largest absolute Gasteiger partial charge is 0.497 e. The number of benzene rings is 3. The SMILES string of the molecule is COc1cccc(N2CCN(CCC(=O)N(c3ccccc3)c3ccccc3)CC2)c1.Cl.Cl. The molecule has 1 heterocycles. The van der Waals surface area contributed by atoms with Crippen molar-refractivity contribution in [3.63, 3.8) is 0 Å². The molecule has 3 aromatic rings. The molecule has 0 atom stereocenters. The first kappa shape index (κ1) is 26.5. The van der Waals surface area contributed by atoms with Crippen LogP contribution in [0.15, 0.2) is 84.9 Å². The van der Waals surface area contributed by atoms with Gasteiger partial charge in [-0.2, -0.15) is 0 Å². The van der Waals surface area contributed by atoms with E-state index in [4.69, 9.17) is 4.74 Å². The number of rotatable bonds is 7. The first-order valence-corrected chi connectivity index (χ1v) is 10.8. The number of halogens is 2. The average molecular weight is 488 g/mol. The van der Waals surface area contributed by atoms with Crippen LogP contribution in [-0.2, 0) is 4.79 Å². The summed E-state index contributed by atoms with van der Waals surface area (Å²) in [6.07, 6.45) is 0.489. The van der Waals surface area contributed by atoms with E-state index in [1.54, 1.807) is 7.11 Å². The van der Waals surface area contributed by atoms with Crippen molar-refractivity contribution in [2.45, 2.75) is 6.42 Å². The Bertz CT molecular complexity index is 942. The number of carbonyl (C=O) groups is 1. The molecular formula is C26H31Cl2N3O2. The minimum absolute atomic E-state index is 0.